The molecule has 1 heterocycles. The van der Waals surface area contributed by atoms with Crippen LogP contribution < -0.4 is 15.4 Å². The zero-order valence-electron chi connectivity index (χ0n) is 14.4. The van der Waals surface area contributed by atoms with Crippen molar-refractivity contribution in [1.29, 1.82) is 0 Å². The molecule has 0 aliphatic heterocycles. The number of halogens is 2. The molecular weight excluding hydrogens is 344 g/mol. The molecule has 0 aliphatic rings. The third-order valence-corrected chi connectivity index (χ3v) is 3.26. The van der Waals surface area contributed by atoms with Gasteiger partial charge in [-0.15, -0.1) is 0 Å². The van der Waals surface area contributed by atoms with Gasteiger partial charge >= 0.3 is 0 Å². The first-order valence-electron chi connectivity index (χ1n) is 7.97. The van der Waals surface area contributed by atoms with E-state index in [1.807, 2.05) is 13.8 Å². The molecule has 2 N–H and O–H groups in total. The van der Waals surface area contributed by atoms with Crippen LogP contribution >= 0.6 is 0 Å². The first kappa shape index (κ1) is 19.3. The highest BCUT2D eigenvalue weighted by molar-refractivity contribution is 5.96. The van der Waals surface area contributed by atoms with Crippen molar-refractivity contribution in [3.63, 3.8) is 0 Å². The smallest absolute Gasteiger partial charge is 0.254 e. The van der Waals surface area contributed by atoms with Crippen LogP contribution in [0.5, 0.6) is 5.88 Å². The summed E-state index contributed by atoms with van der Waals surface area (Å²) in [5.41, 5.74) is 0.351. The molecule has 0 fully saturated rings. The monoisotopic (exact) mass is 363 g/mol. The van der Waals surface area contributed by atoms with Crippen LogP contribution in [0.1, 0.15) is 29.8 Å². The van der Waals surface area contributed by atoms with Crippen molar-refractivity contribution in [3.8, 4) is 5.88 Å². The Kier molecular flexibility index (Phi) is 6.60. The second-order valence-corrected chi connectivity index (χ2v) is 5.72. The number of rotatable bonds is 7. The predicted molar refractivity (Wildman–Crippen MR) is 90.5 cm³/mol. The van der Waals surface area contributed by atoms with Gasteiger partial charge in [0, 0.05) is 24.4 Å². The maximum Gasteiger partial charge on any atom is 0.254 e. The number of carbonyl (C=O) groups is 2. The molecule has 1 aromatic heterocycles. The molecule has 26 heavy (non-hydrogen) atoms. The molecule has 138 valence electrons. The molecule has 2 rings (SSSR count). The lowest BCUT2D eigenvalue weighted by Gasteiger charge is -2.13. The van der Waals surface area contributed by atoms with Gasteiger partial charge in [0.05, 0.1) is 18.2 Å². The minimum Gasteiger partial charge on any atom is -0.475 e. The van der Waals surface area contributed by atoms with E-state index in [0.717, 1.165) is 12.1 Å². The first-order valence-corrected chi connectivity index (χ1v) is 7.97. The highest BCUT2D eigenvalue weighted by Gasteiger charge is 2.14. The van der Waals surface area contributed by atoms with E-state index in [2.05, 4.69) is 15.6 Å². The lowest BCUT2D eigenvalue weighted by molar-refractivity contribution is -0.120. The summed E-state index contributed by atoms with van der Waals surface area (Å²) < 4.78 is 31.9. The first-order chi connectivity index (χ1) is 12.4. The van der Waals surface area contributed by atoms with Crippen molar-refractivity contribution in [3.05, 3.63) is 59.3 Å². The normalized spacial score (nSPS) is 10.5. The van der Waals surface area contributed by atoms with Gasteiger partial charge in [-0.2, -0.15) is 0 Å². The molecule has 0 spiro atoms. The minimum absolute atomic E-state index is 0.0655. The standard InChI is InChI=1S/C18H19F2N3O3/c1-11(2)26-18-12(4-3-7-21-18)9-22-16(24)10-23-17(25)14-6-5-13(19)8-15(14)20/h3-8,11H,9-10H2,1-2H3,(H,22,24)(H,23,25). The Bertz CT molecular complexity index is 797. The van der Waals surface area contributed by atoms with E-state index in [-0.39, 0.29) is 24.8 Å². The van der Waals surface area contributed by atoms with Gasteiger partial charge in [-0.3, -0.25) is 9.59 Å². The molecule has 0 saturated carbocycles. The Morgan fingerprint density at radius 1 is 1.19 bits per heavy atom. The Morgan fingerprint density at radius 2 is 1.96 bits per heavy atom. The summed E-state index contributed by atoms with van der Waals surface area (Å²) >= 11 is 0. The van der Waals surface area contributed by atoms with Crippen LogP contribution in [-0.2, 0) is 11.3 Å². The molecule has 2 aromatic rings. The molecule has 1 aromatic carbocycles. The van der Waals surface area contributed by atoms with E-state index >= 15 is 0 Å². The van der Waals surface area contributed by atoms with E-state index < -0.39 is 23.4 Å². The fourth-order valence-corrected chi connectivity index (χ4v) is 2.07. The summed E-state index contributed by atoms with van der Waals surface area (Å²) in [6.45, 7) is 3.54. The van der Waals surface area contributed by atoms with E-state index in [1.54, 1.807) is 18.3 Å². The van der Waals surface area contributed by atoms with Gasteiger partial charge in [0.15, 0.2) is 0 Å². The molecule has 2 amide bonds. The van der Waals surface area contributed by atoms with Crippen molar-refractivity contribution >= 4 is 11.8 Å². The summed E-state index contributed by atoms with van der Waals surface area (Å²) in [6, 6.07) is 6.07. The van der Waals surface area contributed by atoms with E-state index in [9.17, 15) is 18.4 Å². The number of carbonyl (C=O) groups excluding carboxylic acids is 2. The van der Waals surface area contributed by atoms with Crippen LogP contribution in [0.2, 0.25) is 0 Å². The van der Waals surface area contributed by atoms with Gasteiger partial charge in [0.1, 0.15) is 11.6 Å². The molecule has 0 saturated heterocycles. The molecule has 0 unspecified atom stereocenters. The van der Waals surface area contributed by atoms with E-state index in [0.29, 0.717) is 17.5 Å². The quantitative estimate of drug-likeness (QED) is 0.790. The van der Waals surface area contributed by atoms with E-state index in [1.165, 1.54) is 0 Å². The summed E-state index contributed by atoms with van der Waals surface area (Å²) in [5.74, 6) is -2.63. The van der Waals surface area contributed by atoms with Gasteiger partial charge in [0.2, 0.25) is 11.8 Å². The molecular formula is C18H19F2N3O3. The predicted octanol–water partition coefficient (Wildman–Crippen LogP) is 2.19. The summed E-state index contributed by atoms with van der Waals surface area (Å²) in [5, 5.41) is 4.90. The minimum atomic E-state index is -0.992. The van der Waals surface area contributed by atoms with Crippen molar-refractivity contribution in [2.75, 3.05) is 6.54 Å². The number of nitrogens with zero attached hydrogens (tertiary/aromatic N) is 1. The van der Waals surface area contributed by atoms with Gasteiger partial charge in [-0.05, 0) is 32.0 Å². The molecule has 0 atom stereocenters. The average molecular weight is 363 g/mol. The van der Waals surface area contributed by atoms with Crippen molar-refractivity contribution < 1.29 is 23.1 Å². The number of hydrogen-bond acceptors (Lipinski definition) is 4. The fraction of sp³-hybridized carbons (Fsp3) is 0.278. The van der Waals surface area contributed by atoms with Crippen molar-refractivity contribution in [2.24, 2.45) is 0 Å². The SMILES string of the molecule is CC(C)Oc1ncccc1CNC(=O)CNC(=O)c1ccc(F)cc1F. The molecule has 0 bridgehead atoms. The van der Waals surface area contributed by atoms with Crippen LogP contribution in [0, 0.1) is 11.6 Å². The fourth-order valence-electron chi connectivity index (χ4n) is 2.07. The van der Waals surface area contributed by atoms with Crippen LogP contribution in [0.15, 0.2) is 36.5 Å². The third kappa shape index (κ3) is 5.51. The Hall–Kier alpha value is -3.03. The molecule has 0 aliphatic carbocycles. The van der Waals surface area contributed by atoms with Gasteiger partial charge in [-0.25, -0.2) is 13.8 Å². The summed E-state index contributed by atoms with van der Waals surface area (Å²) in [6.07, 6.45) is 1.52. The lowest BCUT2D eigenvalue weighted by Crippen LogP contribution is -2.37. The highest BCUT2D eigenvalue weighted by atomic mass is 19.1. The number of amides is 2. The van der Waals surface area contributed by atoms with Crippen LogP contribution in [0.3, 0.4) is 0 Å². The van der Waals surface area contributed by atoms with Gasteiger partial charge in [-0.1, -0.05) is 6.07 Å². The largest absolute Gasteiger partial charge is 0.475 e. The Labute approximate surface area is 149 Å². The second-order valence-electron chi connectivity index (χ2n) is 5.72. The summed E-state index contributed by atoms with van der Waals surface area (Å²) in [7, 11) is 0. The zero-order chi connectivity index (χ0) is 19.1. The average Bonchev–Trinajstić information content (AvgIpc) is 2.58. The number of pyridine rings is 1. The van der Waals surface area contributed by atoms with Crippen LogP contribution in [-0.4, -0.2) is 29.4 Å². The number of nitrogens with one attached hydrogen (secondary N) is 2. The number of hydrogen-bond donors (Lipinski definition) is 2. The number of benzene rings is 1. The highest BCUT2D eigenvalue weighted by Crippen LogP contribution is 2.15. The molecule has 6 nitrogen and oxygen atoms in total. The second kappa shape index (κ2) is 8.89. The third-order valence-electron chi connectivity index (χ3n) is 3.26. The number of ether oxygens (including phenoxy) is 1. The maximum absolute atomic E-state index is 13.5. The van der Waals surface area contributed by atoms with Gasteiger partial charge < -0.3 is 15.4 Å². The van der Waals surface area contributed by atoms with Crippen LogP contribution in [0.25, 0.3) is 0 Å². The maximum atomic E-state index is 13.5. The number of aromatic nitrogens is 1. The summed E-state index contributed by atoms with van der Waals surface area (Å²) in [4.78, 5) is 27.8. The Balaban J connectivity index is 1.87. The van der Waals surface area contributed by atoms with Crippen molar-refractivity contribution in [2.45, 2.75) is 26.5 Å². The Morgan fingerprint density at radius 3 is 2.65 bits per heavy atom. The lowest BCUT2D eigenvalue weighted by atomic mass is 10.2. The van der Waals surface area contributed by atoms with E-state index in [4.69, 9.17) is 4.74 Å². The topological polar surface area (TPSA) is 80.3 Å². The molecule has 0 radical (unpaired) electrons. The van der Waals surface area contributed by atoms with Gasteiger partial charge in [0.25, 0.3) is 5.91 Å². The van der Waals surface area contributed by atoms with Crippen molar-refractivity contribution in [1.82, 2.24) is 15.6 Å². The molecule has 8 heteroatoms. The zero-order valence-corrected chi connectivity index (χ0v) is 14.4. The van der Waals surface area contributed by atoms with Crippen LogP contribution in [0.4, 0.5) is 8.78 Å².